The lowest BCUT2D eigenvalue weighted by molar-refractivity contribution is -0.134. The minimum Gasteiger partial charge on any atom is -0.341 e. The number of aromatic nitrogens is 1. The molecule has 0 bridgehead atoms. The highest BCUT2D eigenvalue weighted by Gasteiger charge is 2.38. The summed E-state index contributed by atoms with van der Waals surface area (Å²) in [6.07, 6.45) is 3.91. The number of thioether (sulfide) groups is 1. The van der Waals surface area contributed by atoms with Gasteiger partial charge in [-0.05, 0) is 48.9 Å². The molecular formula is C23H28N4O3S2. The zero-order valence-electron chi connectivity index (χ0n) is 18.1. The van der Waals surface area contributed by atoms with Gasteiger partial charge in [-0.2, -0.15) is 5.26 Å². The maximum Gasteiger partial charge on any atom is 0.240 e. The van der Waals surface area contributed by atoms with Gasteiger partial charge in [0.25, 0.3) is 0 Å². The molecule has 0 aliphatic carbocycles. The lowest BCUT2D eigenvalue weighted by atomic mass is 9.98. The maximum absolute atomic E-state index is 13.4. The first-order valence-corrected chi connectivity index (χ1v) is 13.5. The molecule has 2 aliphatic rings. The molecule has 2 aromatic rings. The van der Waals surface area contributed by atoms with Crippen LogP contribution in [0, 0.1) is 17.2 Å². The number of rotatable bonds is 7. The lowest BCUT2D eigenvalue weighted by Gasteiger charge is -2.33. The molecule has 9 heteroatoms. The second-order valence-corrected chi connectivity index (χ2v) is 11.5. The molecule has 1 aromatic carbocycles. The van der Waals surface area contributed by atoms with Gasteiger partial charge in [0.15, 0.2) is 0 Å². The van der Waals surface area contributed by atoms with E-state index in [0.717, 1.165) is 23.3 Å². The number of benzene rings is 1. The van der Waals surface area contributed by atoms with Crippen LogP contribution in [0.2, 0.25) is 0 Å². The molecule has 1 fully saturated rings. The maximum atomic E-state index is 13.4. The number of carbonyl (C=O) groups is 1. The number of hydrogen-bond donors (Lipinski definition) is 1. The summed E-state index contributed by atoms with van der Waals surface area (Å²) < 4.78 is 31.3. The molecule has 170 valence electrons. The molecular weight excluding hydrogens is 444 g/mol. The molecule has 2 atom stereocenters. The molecule has 3 heterocycles. The predicted octanol–water partition coefficient (Wildman–Crippen LogP) is 3.14. The molecule has 7 nitrogen and oxygen atoms in total. The summed E-state index contributed by atoms with van der Waals surface area (Å²) in [4.78, 5) is 16.1. The van der Waals surface area contributed by atoms with Gasteiger partial charge in [0, 0.05) is 36.5 Å². The number of nitrogens with zero attached hydrogens (tertiary/aromatic N) is 3. The van der Waals surface area contributed by atoms with Crippen molar-refractivity contribution in [1.29, 1.82) is 5.26 Å². The minimum absolute atomic E-state index is 0.176. The van der Waals surface area contributed by atoms with E-state index in [0.29, 0.717) is 37.0 Å². The van der Waals surface area contributed by atoms with Crippen LogP contribution in [0.3, 0.4) is 0 Å². The molecule has 0 radical (unpaired) electrons. The SMILES string of the molecule is CC1CCN(C(=O)C(CCn2cccc2C#N)NS(=O)(=O)C2CSc3ccccc32)CC1. The standard InChI is InChI=1S/C23H28N4O3S2/c1-17-8-12-27(13-9-17)23(28)20(10-14-26-11-4-5-18(26)15-24)25-32(29,30)22-16-31-21-7-3-2-6-19(21)22/h2-7,11,17,20,22,25H,8-10,12-14,16H2,1H3. The number of hydrogen-bond acceptors (Lipinski definition) is 5. The zero-order chi connectivity index (χ0) is 22.7. The van der Waals surface area contributed by atoms with Crippen LogP contribution in [-0.2, 0) is 21.4 Å². The van der Waals surface area contributed by atoms with E-state index in [1.54, 1.807) is 27.8 Å². The van der Waals surface area contributed by atoms with Crippen molar-refractivity contribution in [2.75, 3.05) is 18.8 Å². The fourth-order valence-electron chi connectivity index (χ4n) is 4.33. The van der Waals surface area contributed by atoms with Gasteiger partial charge in [0.05, 0.1) is 0 Å². The lowest BCUT2D eigenvalue weighted by Crippen LogP contribution is -2.51. The van der Waals surface area contributed by atoms with Crippen LogP contribution in [0.4, 0.5) is 0 Å². The third kappa shape index (κ3) is 4.87. The first-order chi connectivity index (χ1) is 15.4. The Morgan fingerprint density at radius 2 is 2.00 bits per heavy atom. The van der Waals surface area contributed by atoms with E-state index < -0.39 is 21.3 Å². The average molecular weight is 473 g/mol. The van der Waals surface area contributed by atoms with Crippen molar-refractivity contribution in [3.63, 3.8) is 0 Å². The van der Waals surface area contributed by atoms with Crippen LogP contribution >= 0.6 is 11.8 Å². The highest BCUT2D eigenvalue weighted by atomic mass is 32.2. The zero-order valence-corrected chi connectivity index (χ0v) is 19.7. The van der Waals surface area contributed by atoms with Gasteiger partial charge in [-0.25, -0.2) is 13.1 Å². The number of nitrogens with one attached hydrogen (secondary N) is 1. The number of fused-ring (bicyclic) bond motifs is 1. The van der Waals surface area contributed by atoms with E-state index in [-0.39, 0.29) is 12.3 Å². The molecule has 1 N–H and O–H groups in total. The second-order valence-electron chi connectivity index (χ2n) is 8.55. The van der Waals surface area contributed by atoms with Gasteiger partial charge in [0.1, 0.15) is 23.1 Å². The number of nitriles is 1. The average Bonchev–Trinajstić information content (AvgIpc) is 3.43. The smallest absolute Gasteiger partial charge is 0.240 e. The number of aryl methyl sites for hydroxylation is 1. The van der Waals surface area contributed by atoms with Crippen molar-refractivity contribution in [3.8, 4) is 6.07 Å². The van der Waals surface area contributed by atoms with Gasteiger partial charge in [-0.1, -0.05) is 25.1 Å². The highest BCUT2D eigenvalue weighted by molar-refractivity contribution is 8.01. The molecule has 2 unspecified atom stereocenters. The van der Waals surface area contributed by atoms with Crippen LogP contribution in [0.5, 0.6) is 0 Å². The summed E-state index contributed by atoms with van der Waals surface area (Å²) >= 11 is 1.53. The van der Waals surface area contributed by atoms with Gasteiger partial charge in [0.2, 0.25) is 15.9 Å². The molecule has 0 saturated carbocycles. The van der Waals surface area contributed by atoms with E-state index >= 15 is 0 Å². The number of sulfonamides is 1. The Morgan fingerprint density at radius 3 is 2.75 bits per heavy atom. The fraction of sp³-hybridized carbons (Fsp3) is 0.478. The summed E-state index contributed by atoms with van der Waals surface area (Å²) in [5, 5.41) is 8.59. The Morgan fingerprint density at radius 1 is 1.25 bits per heavy atom. The van der Waals surface area contributed by atoms with Crippen molar-refractivity contribution >= 4 is 27.7 Å². The number of piperidine rings is 1. The van der Waals surface area contributed by atoms with E-state index in [2.05, 4.69) is 17.7 Å². The third-order valence-corrected chi connectivity index (χ3v) is 9.51. The van der Waals surface area contributed by atoms with Crippen LogP contribution in [-0.4, -0.2) is 48.7 Å². The van der Waals surface area contributed by atoms with E-state index in [1.807, 2.05) is 24.3 Å². The number of carbonyl (C=O) groups excluding carboxylic acids is 1. The van der Waals surface area contributed by atoms with Gasteiger partial charge in [-0.3, -0.25) is 4.79 Å². The molecule has 4 rings (SSSR count). The van der Waals surface area contributed by atoms with E-state index in [4.69, 9.17) is 0 Å². The van der Waals surface area contributed by atoms with E-state index in [1.165, 1.54) is 11.8 Å². The topological polar surface area (TPSA) is 95.2 Å². The van der Waals surface area contributed by atoms with Crippen molar-refractivity contribution in [1.82, 2.24) is 14.2 Å². The van der Waals surface area contributed by atoms with Gasteiger partial charge < -0.3 is 9.47 Å². The summed E-state index contributed by atoms with van der Waals surface area (Å²) in [7, 11) is -3.77. The molecule has 1 amide bonds. The highest BCUT2D eigenvalue weighted by Crippen LogP contribution is 2.42. The Kier molecular flexibility index (Phi) is 6.93. The summed E-state index contributed by atoms with van der Waals surface area (Å²) in [5.41, 5.74) is 1.28. The first-order valence-electron chi connectivity index (χ1n) is 11.0. The van der Waals surface area contributed by atoms with Crippen LogP contribution in [0.1, 0.15) is 42.7 Å². The molecule has 1 saturated heterocycles. The Balaban J connectivity index is 1.54. The van der Waals surface area contributed by atoms with Crippen molar-refractivity contribution < 1.29 is 13.2 Å². The fourth-order valence-corrected chi connectivity index (χ4v) is 7.71. The quantitative estimate of drug-likeness (QED) is 0.668. The molecule has 0 spiro atoms. The van der Waals surface area contributed by atoms with E-state index in [9.17, 15) is 18.5 Å². The normalized spacial score (nSPS) is 20.0. The Hall–Kier alpha value is -2.28. The number of likely N-dealkylation sites (tertiary alicyclic amines) is 1. The second kappa shape index (κ2) is 9.69. The van der Waals surface area contributed by atoms with Crippen LogP contribution in [0.25, 0.3) is 0 Å². The Bertz CT molecular complexity index is 1110. The minimum atomic E-state index is -3.77. The van der Waals surface area contributed by atoms with Gasteiger partial charge >= 0.3 is 0 Å². The molecule has 2 aliphatic heterocycles. The third-order valence-electron chi connectivity index (χ3n) is 6.33. The monoisotopic (exact) mass is 472 g/mol. The largest absolute Gasteiger partial charge is 0.341 e. The first kappa shape index (κ1) is 22.9. The van der Waals surface area contributed by atoms with Crippen LogP contribution < -0.4 is 4.72 Å². The van der Waals surface area contributed by atoms with Crippen molar-refractivity contribution in [3.05, 3.63) is 53.9 Å². The Labute approximate surface area is 193 Å². The molecule has 1 aromatic heterocycles. The van der Waals surface area contributed by atoms with Crippen molar-refractivity contribution in [2.45, 2.75) is 48.9 Å². The summed E-state index contributed by atoms with van der Waals surface area (Å²) in [6, 6.07) is 12.3. The summed E-state index contributed by atoms with van der Waals surface area (Å²) in [6.45, 7) is 3.85. The van der Waals surface area contributed by atoms with Crippen LogP contribution in [0.15, 0.2) is 47.5 Å². The summed E-state index contributed by atoms with van der Waals surface area (Å²) in [5.74, 6) is 0.830. The van der Waals surface area contributed by atoms with Gasteiger partial charge in [-0.15, -0.1) is 11.8 Å². The molecule has 32 heavy (non-hydrogen) atoms. The number of amides is 1. The van der Waals surface area contributed by atoms with Crippen molar-refractivity contribution in [2.24, 2.45) is 5.92 Å². The predicted molar refractivity (Wildman–Crippen MR) is 124 cm³/mol.